The molecule has 0 unspecified atom stereocenters. The first-order valence-corrected chi connectivity index (χ1v) is 15.3. The van der Waals surface area contributed by atoms with Gasteiger partial charge in [0.2, 0.25) is 0 Å². The molecule has 6 rings (SSSR count). The van der Waals surface area contributed by atoms with Crippen LogP contribution in [0.4, 0.5) is 0 Å². The van der Waals surface area contributed by atoms with Crippen molar-refractivity contribution in [3.05, 3.63) is 135 Å². The van der Waals surface area contributed by atoms with E-state index in [4.69, 9.17) is 4.42 Å². The molecule has 1 aromatic heterocycles. The number of rotatable bonds is 5. The van der Waals surface area contributed by atoms with Gasteiger partial charge in [-0.1, -0.05) is 0 Å². The maximum Gasteiger partial charge on any atom is -0.147 e. The summed E-state index contributed by atoms with van der Waals surface area (Å²) < 4.78 is 10.4. The van der Waals surface area contributed by atoms with Gasteiger partial charge in [-0.2, -0.15) is 0 Å². The molecule has 1 nitrogen and oxygen atoms in total. The summed E-state index contributed by atoms with van der Waals surface area (Å²) >= 11 is -2.30. The second-order valence-corrected chi connectivity index (χ2v) is 14.6. The van der Waals surface area contributed by atoms with Crippen LogP contribution in [-0.2, 0) is 27.7 Å². The van der Waals surface area contributed by atoms with Crippen molar-refractivity contribution >= 4 is 34.1 Å². The molecular formula is C30H26Cl2OZr. The molecule has 0 N–H and O–H groups in total. The van der Waals surface area contributed by atoms with Crippen LogP contribution in [-0.4, -0.2) is 3.71 Å². The van der Waals surface area contributed by atoms with Gasteiger partial charge >= 0.3 is 198 Å². The van der Waals surface area contributed by atoms with Gasteiger partial charge in [0.1, 0.15) is 0 Å². The summed E-state index contributed by atoms with van der Waals surface area (Å²) in [6, 6.07) is 31.2. The Morgan fingerprint density at radius 2 is 1.44 bits per heavy atom. The second-order valence-electron chi connectivity index (χ2n) is 8.47. The third-order valence-corrected chi connectivity index (χ3v) is 14.2. The molecule has 170 valence electrons. The minimum absolute atomic E-state index is 0. The van der Waals surface area contributed by atoms with Crippen LogP contribution in [0.5, 0.6) is 0 Å². The molecule has 0 amide bonds. The monoisotopic (exact) mass is 562 g/mol. The zero-order valence-corrected chi connectivity index (χ0v) is 22.8. The molecule has 0 bridgehead atoms. The number of benzene rings is 3. The van der Waals surface area contributed by atoms with Gasteiger partial charge < -0.3 is 0 Å². The summed E-state index contributed by atoms with van der Waals surface area (Å²) in [7, 11) is 0. The van der Waals surface area contributed by atoms with Gasteiger partial charge in [-0.15, -0.1) is 24.8 Å². The van der Waals surface area contributed by atoms with Crippen molar-refractivity contribution in [1.82, 2.24) is 0 Å². The Balaban J connectivity index is 0.00000137. The molecule has 0 aliphatic heterocycles. The molecule has 3 aromatic carbocycles. The molecule has 0 atom stereocenters. The second kappa shape index (κ2) is 11.0. The number of furan rings is 1. The first-order valence-electron chi connectivity index (χ1n) is 11.2. The summed E-state index contributed by atoms with van der Waals surface area (Å²) in [5.41, 5.74) is 9.93. The largest absolute Gasteiger partial charge is 0.147 e. The summed E-state index contributed by atoms with van der Waals surface area (Å²) in [6.07, 6.45) is 10.5. The predicted molar refractivity (Wildman–Crippen MR) is 144 cm³/mol. The fourth-order valence-electron chi connectivity index (χ4n) is 5.21. The zero-order valence-electron chi connectivity index (χ0n) is 18.7. The first kappa shape index (κ1) is 24.9. The van der Waals surface area contributed by atoms with E-state index in [2.05, 4.69) is 101 Å². The molecule has 4 aromatic rings. The number of hydrogen-bond donors (Lipinski definition) is 0. The Labute approximate surface area is 221 Å². The molecule has 2 aliphatic rings. The van der Waals surface area contributed by atoms with Crippen molar-refractivity contribution in [2.24, 2.45) is 0 Å². The zero-order chi connectivity index (χ0) is 21.3. The number of halogens is 2. The van der Waals surface area contributed by atoms with Crippen LogP contribution in [0.1, 0.15) is 32.3 Å². The SMILES string of the molecule is C1=CC(c2ccoc2)=[C](/[Zr](=[CH]/Cc2ccccc2)[CH]2c3ccccc3-c3ccccc32)C1.Cl.Cl. The summed E-state index contributed by atoms with van der Waals surface area (Å²) in [5.74, 6) is 0. The third-order valence-electron chi connectivity index (χ3n) is 6.66. The van der Waals surface area contributed by atoms with Gasteiger partial charge in [0.05, 0.1) is 0 Å². The van der Waals surface area contributed by atoms with Crippen molar-refractivity contribution in [2.45, 2.75) is 16.5 Å². The maximum absolute atomic E-state index is 5.47. The minimum atomic E-state index is -2.30. The van der Waals surface area contributed by atoms with E-state index in [1.165, 1.54) is 39.0 Å². The van der Waals surface area contributed by atoms with E-state index in [-0.39, 0.29) is 24.8 Å². The van der Waals surface area contributed by atoms with E-state index in [1.807, 2.05) is 6.26 Å². The first-order chi connectivity index (χ1) is 15.9. The molecule has 34 heavy (non-hydrogen) atoms. The molecule has 0 fully saturated rings. The van der Waals surface area contributed by atoms with Gasteiger partial charge in [0.15, 0.2) is 0 Å². The van der Waals surface area contributed by atoms with Gasteiger partial charge in [0, 0.05) is 0 Å². The Hall–Kier alpha value is -2.25. The molecule has 1 heterocycles. The maximum atomic E-state index is 5.47. The van der Waals surface area contributed by atoms with Crippen molar-refractivity contribution in [1.29, 1.82) is 0 Å². The number of allylic oxidation sites excluding steroid dienone is 4. The van der Waals surface area contributed by atoms with E-state index >= 15 is 0 Å². The van der Waals surface area contributed by atoms with Crippen molar-refractivity contribution in [3.8, 4) is 11.1 Å². The van der Waals surface area contributed by atoms with Crippen molar-refractivity contribution in [3.63, 3.8) is 0 Å². The smallest absolute Gasteiger partial charge is 0.147 e. The molecule has 2 aliphatic carbocycles. The molecule has 0 spiro atoms. The number of fused-ring (bicyclic) bond motifs is 3. The topological polar surface area (TPSA) is 13.1 Å². The van der Waals surface area contributed by atoms with E-state index in [1.54, 1.807) is 9.54 Å². The van der Waals surface area contributed by atoms with Crippen LogP contribution in [0.25, 0.3) is 16.7 Å². The average molecular weight is 565 g/mol. The van der Waals surface area contributed by atoms with E-state index < -0.39 is 21.3 Å². The Morgan fingerprint density at radius 1 is 0.794 bits per heavy atom. The van der Waals surface area contributed by atoms with Gasteiger partial charge in [-0.05, 0) is 0 Å². The van der Waals surface area contributed by atoms with Crippen LogP contribution in [0.2, 0.25) is 0 Å². The summed E-state index contributed by atoms with van der Waals surface area (Å²) in [4.78, 5) is 0. The third kappa shape index (κ3) is 4.52. The Kier molecular flexibility index (Phi) is 8.04. The van der Waals surface area contributed by atoms with Gasteiger partial charge in [0.25, 0.3) is 0 Å². The fraction of sp³-hybridized carbons (Fsp3) is 0.100. The average Bonchev–Trinajstić information content (AvgIpc) is 3.60. The van der Waals surface area contributed by atoms with Crippen LogP contribution in [0.3, 0.4) is 0 Å². The van der Waals surface area contributed by atoms with Crippen LogP contribution in [0, 0.1) is 0 Å². The molecule has 0 radical (unpaired) electrons. The number of hydrogen-bond acceptors (Lipinski definition) is 1. The normalized spacial score (nSPS) is 14.4. The van der Waals surface area contributed by atoms with Crippen LogP contribution >= 0.6 is 24.8 Å². The van der Waals surface area contributed by atoms with Crippen molar-refractivity contribution in [2.75, 3.05) is 0 Å². The summed E-state index contributed by atoms with van der Waals surface area (Å²) in [5, 5.41) is 0. The van der Waals surface area contributed by atoms with Crippen LogP contribution < -0.4 is 0 Å². The van der Waals surface area contributed by atoms with E-state index in [9.17, 15) is 0 Å². The predicted octanol–water partition coefficient (Wildman–Crippen LogP) is 8.23. The van der Waals surface area contributed by atoms with Gasteiger partial charge in [-0.25, -0.2) is 0 Å². The van der Waals surface area contributed by atoms with Gasteiger partial charge in [-0.3, -0.25) is 0 Å². The minimum Gasteiger partial charge on any atom is -0.147 e. The summed E-state index contributed by atoms with van der Waals surface area (Å²) in [6.45, 7) is 0. The van der Waals surface area contributed by atoms with E-state index in [0.717, 1.165) is 12.8 Å². The molecule has 0 saturated heterocycles. The molecule has 4 heteroatoms. The molecular weight excluding hydrogens is 538 g/mol. The fourth-order valence-corrected chi connectivity index (χ4v) is 13.5. The molecule has 0 saturated carbocycles. The van der Waals surface area contributed by atoms with Crippen LogP contribution in [0.15, 0.2) is 117 Å². The quantitative estimate of drug-likeness (QED) is 0.238. The van der Waals surface area contributed by atoms with Crippen molar-refractivity contribution < 1.29 is 25.7 Å². The standard InChI is InChI=1S/C13H9.C9H7O.C8H8.2ClH.Zr/c1-3-7-12-10(5-1)9-11-6-2-4-8-13(11)12;1-2-4-8(3-1)9-5-6-10-7-9;1-2-8-6-4-3-5-7-8;;;/h1-9H;1,3,5-7H,2H2;1,3-7H,2H2;2*1H;. The van der Waals surface area contributed by atoms with E-state index in [0.29, 0.717) is 3.63 Å². The Bertz CT molecular complexity index is 1320. The Morgan fingerprint density at radius 3 is 2.09 bits per heavy atom.